The topological polar surface area (TPSA) is 131 Å². The number of aromatic amines is 1. The molecule has 0 fully saturated rings. The van der Waals surface area contributed by atoms with Gasteiger partial charge in [-0.1, -0.05) is 23.5 Å². The van der Waals surface area contributed by atoms with Crippen molar-refractivity contribution < 1.29 is 19.1 Å². The molecule has 3 heterocycles. The molecule has 4 aromatic carbocycles. The number of rotatable bonds is 13. The summed E-state index contributed by atoms with van der Waals surface area (Å²) in [6.07, 6.45) is 0. The first-order chi connectivity index (χ1) is 23.9. The molecule has 49 heavy (non-hydrogen) atoms. The van der Waals surface area contributed by atoms with Crippen LogP contribution in [0.2, 0.25) is 0 Å². The van der Waals surface area contributed by atoms with Crippen LogP contribution < -0.4 is 20.1 Å². The fraction of sp³-hybridized carbons (Fsp3) is 0.171. The predicted octanol–water partition coefficient (Wildman–Crippen LogP) is 8.71. The molecule has 0 bridgehead atoms. The first-order valence-electron chi connectivity index (χ1n) is 15.4. The SMILES string of the molecule is CCOc1ccc2nc(SCC(=O)Nc3ccc(-c4nc5ccc(NC(=O)CSc6nc7ccc(OCC)cc7s6)cc5[nH]4)cc3)sc2c1. The van der Waals surface area contributed by atoms with Crippen LogP contribution in [0.4, 0.5) is 11.4 Å². The number of imidazole rings is 1. The second-order valence-corrected chi connectivity index (χ2v) is 15.2. The number of carbonyl (C=O) groups is 2. The van der Waals surface area contributed by atoms with Crippen molar-refractivity contribution in [2.45, 2.75) is 22.5 Å². The highest BCUT2D eigenvalue weighted by Crippen LogP contribution is 2.33. The van der Waals surface area contributed by atoms with Crippen molar-refractivity contribution in [2.24, 2.45) is 0 Å². The summed E-state index contributed by atoms with van der Waals surface area (Å²) >= 11 is 5.91. The van der Waals surface area contributed by atoms with Crippen molar-refractivity contribution >= 4 is 101 Å². The number of fused-ring (bicyclic) bond motifs is 3. The number of aromatic nitrogens is 4. The van der Waals surface area contributed by atoms with Crippen molar-refractivity contribution in [3.63, 3.8) is 0 Å². The molecule has 0 atom stereocenters. The molecule has 0 saturated carbocycles. The van der Waals surface area contributed by atoms with Crippen LogP contribution in [0.5, 0.6) is 11.5 Å². The molecule has 0 spiro atoms. The second kappa shape index (κ2) is 14.9. The average molecular weight is 727 g/mol. The molecular weight excluding hydrogens is 697 g/mol. The summed E-state index contributed by atoms with van der Waals surface area (Å²) in [6, 6.07) is 24.7. The first-order valence-corrected chi connectivity index (χ1v) is 19.0. The Balaban J connectivity index is 0.918. The lowest BCUT2D eigenvalue weighted by atomic mass is 10.2. The molecule has 7 rings (SSSR count). The number of hydrogen-bond acceptors (Lipinski definition) is 11. The Labute approximate surface area is 298 Å². The van der Waals surface area contributed by atoms with Gasteiger partial charge in [0.1, 0.15) is 17.3 Å². The molecular formula is C35H30N6O4S4. The molecule has 7 aromatic rings. The third-order valence-electron chi connectivity index (χ3n) is 7.16. The highest BCUT2D eigenvalue weighted by atomic mass is 32.2. The van der Waals surface area contributed by atoms with Gasteiger partial charge in [0.2, 0.25) is 11.8 Å². The van der Waals surface area contributed by atoms with Gasteiger partial charge in [0, 0.05) is 16.9 Å². The second-order valence-electron chi connectivity index (χ2n) is 10.7. The Hall–Kier alpha value is -4.63. The lowest BCUT2D eigenvalue weighted by Crippen LogP contribution is -2.13. The summed E-state index contributed by atoms with van der Waals surface area (Å²) in [4.78, 5) is 42.7. The van der Waals surface area contributed by atoms with Crippen LogP contribution in [0, 0.1) is 0 Å². The molecule has 3 aromatic heterocycles. The number of thioether (sulfide) groups is 2. The molecule has 0 saturated heterocycles. The largest absolute Gasteiger partial charge is 0.494 e. The quantitative estimate of drug-likeness (QED) is 0.0999. The Kier molecular flexibility index (Phi) is 9.98. The van der Waals surface area contributed by atoms with Gasteiger partial charge in [-0.25, -0.2) is 15.0 Å². The molecule has 0 aliphatic heterocycles. The summed E-state index contributed by atoms with van der Waals surface area (Å²) in [6.45, 7) is 5.12. The number of benzene rings is 4. The molecule has 14 heteroatoms. The summed E-state index contributed by atoms with van der Waals surface area (Å²) in [5.74, 6) is 2.58. The van der Waals surface area contributed by atoms with Gasteiger partial charge < -0.3 is 25.1 Å². The first kappa shape index (κ1) is 32.9. The number of H-pyrrole nitrogens is 1. The normalized spacial score (nSPS) is 11.3. The van der Waals surface area contributed by atoms with E-state index in [0.29, 0.717) is 30.4 Å². The number of nitrogens with zero attached hydrogens (tertiary/aromatic N) is 3. The number of ether oxygens (including phenoxy) is 2. The van der Waals surface area contributed by atoms with Crippen LogP contribution >= 0.6 is 46.2 Å². The Morgan fingerprint density at radius 2 is 1.20 bits per heavy atom. The zero-order valence-corrected chi connectivity index (χ0v) is 29.7. The number of hydrogen-bond donors (Lipinski definition) is 3. The van der Waals surface area contributed by atoms with Gasteiger partial charge in [-0.15, -0.1) is 22.7 Å². The van der Waals surface area contributed by atoms with Gasteiger partial charge in [0.05, 0.1) is 56.2 Å². The van der Waals surface area contributed by atoms with Gasteiger partial charge in [0.15, 0.2) is 8.68 Å². The lowest BCUT2D eigenvalue weighted by molar-refractivity contribution is -0.114. The maximum atomic E-state index is 12.8. The van der Waals surface area contributed by atoms with E-state index >= 15 is 0 Å². The minimum absolute atomic E-state index is 0.111. The zero-order valence-electron chi connectivity index (χ0n) is 26.4. The van der Waals surface area contributed by atoms with E-state index < -0.39 is 0 Å². The van der Waals surface area contributed by atoms with Crippen LogP contribution in [0.15, 0.2) is 87.5 Å². The van der Waals surface area contributed by atoms with Crippen LogP contribution in [0.1, 0.15) is 13.8 Å². The number of nitrogens with one attached hydrogen (secondary N) is 3. The van der Waals surface area contributed by atoms with Crippen molar-refractivity contribution in [2.75, 3.05) is 35.4 Å². The number of thiazole rings is 2. The van der Waals surface area contributed by atoms with Gasteiger partial charge in [0.25, 0.3) is 0 Å². The van der Waals surface area contributed by atoms with Gasteiger partial charge in [-0.2, -0.15) is 0 Å². The van der Waals surface area contributed by atoms with E-state index in [0.717, 1.165) is 57.2 Å². The highest BCUT2D eigenvalue weighted by molar-refractivity contribution is 8.02. The van der Waals surface area contributed by atoms with Crippen LogP contribution in [-0.4, -0.2) is 56.5 Å². The number of anilines is 2. The van der Waals surface area contributed by atoms with E-state index in [1.54, 1.807) is 22.7 Å². The van der Waals surface area contributed by atoms with E-state index in [9.17, 15) is 9.59 Å². The molecule has 0 radical (unpaired) electrons. The van der Waals surface area contributed by atoms with Crippen LogP contribution in [0.25, 0.3) is 42.9 Å². The predicted molar refractivity (Wildman–Crippen MR) is 202 cm³/mol. The monoisotopic (exact) mass is 726 g/mol. The summed E-state index contributed by atoms with van der Waals surface area (Å²) in [5.41, 5.74) is 5.61. The van der Waals surface area contributed by atoms with E-state index in [2.05, 4.69) is 25.6 Å². The van der Waals surface area contributed by atoms with Crippen LogP contribution in [-0.2, 0) is 9.59 Å². The minimum atomic E-state index is -0.120. The van der Waals surface area contributed by atoms with Crippen molar-refractivity contribution in [1.82, 2.24) is 19.9 Å². The summed E-state index contributed by atoms with van der Waals surface area (Å²) in [5, 5.41) is 5.92. The Morgan fingerprint density at radius 3 is 1.78 bits per heavy atom. The molecule has 10 nitrogen and oxygen atoms in total. The van der Waals surface area contributed by atoms with Gasteiger partial charge >= 0.3 is 0 Å². The maximum absolute atomic E-state index is 12.8. The molecule has 2 amide bonds. The third kappa shape index (κ3) is 7.99. The molecule has 3 N–H and O–H groups in total. The van der Waals surface area contributed by atoms with Gasteiger partial charge in [-0.05, 0) is 92.7 Å². The minimum Gasteiger partial charge on any atom is -0.494 e. The standard InChI is InChI=1S/C35H30N6O4S4/c1-3-44-23-10-13-26-29(16-23)48-34(40-26)46-18-31(42)36-21-7-5-20(6-8-21)33-38-25-12-9-22(15-28(25)39-33)37-32(43)19-47-35-41-27-14-11-24(45-4-2)17-30(27)49-35/h5-17H,3-4,18-19H2,1-2H3,(H,36,42)(H,37,43)(H,38,39). The van der Waals surface area contributed by atoms with Crippen molar-refractivity contribution in [1.29, 1.82) is 0 Å². The fourth-order valence-corrected chi connectivity index (χ4v) is 8.78. The highest BCUT2D eigenvalue weighted by Gasteiger charge is 2.13. The summed E-state index contributed by atoms with van der Waals surface area (Å²) < 4.78 is 14.9. The maximum Gasteiger partial charge on any atom is 0.234 e. The van der Waals surface area contributed by atoms with E-state index in [-0.39, 0.29) is 23.3 Å². The fourth-order valence-electron chi connectivity index (χ4n) is 4.99. The van der Waals surface area contributed by atoms with Crippen LogP contribution in [0.3, 0.4) is 0 Å². The molecule has 0 aliphatic carbocycles. The average Bonchev–Trinajstić information content (AvgIpc) is 3.83. The van der Waals surface area contributed by atoms with Crippen molar-refractivity contribution in [3.05, 3.63) is 78.9 Å². The zero-order chi connectivity index (χ0) is 33.7. The summed E-state index contributed by atoms with van der Waals surface area (Å²) in [7, 11) is 0. The lowest BCUT2D eigenvalue weighted by Gasteiger charge is -2.05. The Morgan fingerprint density at radius 1 is 0.673 bits per heavy atom. The third-order valence-corrected chi connectivity index (χ3v) is 11.5. The molecule has 0 unspecified atom stereocenters. The van der Waals surface area contributed by atoms with E-state index in [1.165, 1.54) is 23.5 Å². The van der Waals surface area contributed by atoms with Gasteiger partial charge in [-0.3, -0.25) is 9.59 Å². The van der Waals surface area contributed by atoms with Crippen molar-refractivity contribution in [3.8, 4) is 22.9 Å². The Bertz CT molecular complexity index is 2280. The number of amides is 2. The van der Waals surface area contributed by atoms with E-state index in [1.807, 2.05) is 92.7 Å². The molecule has 0 aliphatic rings. The number of carbonyl (C=O) groups excluding carboxylic acids is 2. The van der Waals surface area contributed by atoms with E-state index in [4.69, 9.17) is 14.5 Å². The molecule has 248 valence electrons. The smallest absolute Gasteiger partial charge is 0.234 e.